The number of rotatable bonds is 6. The number of carbonyl (C=O) groups is 2. The molecule has 7 heteroatoms. The maximum atomic E-state index is 12.8. The minimum Gasteiger partial charge on any atom is -0.494 e. The van der Waals surface area contributed by atoms with Gasteiger partial charge in [-0.15, -0.1) is 0 Å². The van der Waals surface area contributed by atoms with E-state index in [1.807, 2.05) is 0 Å². The third kappa shape index (κ3) is 3.64. The van der Waals surface area contributed by atoms with Crippen LogP contribution in [0.4, 0.5) is 10.5 Å². The number of anilines is 1. The van der Waals surface area contributed by atoms with Crippen LogP contribution in [-0.2, 0) is 0 Å². The topological polar surface area (TPSA) is 107 Å². The lowest BCUT2D eigenvalue weighted by Crippen LogP contribution is -2.19. The van der Waals surface area contributed by atoms with E-state index < -0.39 is 17.8 Å². The highest BCUT2D eigenvalue weighted by Gasteiger charge is 2.25. The fraction of sp³-hybridized carbons (Fsp3) is 0.238. The lowest BCUT2D eigenvalue weighted by Gasteiger charge is -2.08. The largest absolute Gasteiger partial charge is 0.494 e. The van der Waals surface area contributed by atoms with Crippen LogP contribution in [0.5, 0.6) is 11.6 Å². The first-order chi connectivity index (χ1) is 13.4. The number of carbonyl (C=O) groups excluding carboxylic acids is 2. The standard InChI is InChI=1S/C21H23N3O4/c1-3-4-12-28-15-10-8-14(9-11-15)23-19(25)17-16-7-5-6-13(2)18(16)24(20(17)26)21(22)27/h5-11,26H,3-4,12H2,1-2H3,(H2,22,27)(H,23,25). The van der Waals surface area contributed by atoms with E-state index in [0.717, 1.165) is 28.7 Å². The minimum atomic E-state index is -0.857. The molecule has 0 spiro atoms. The molecule has 0 fully saturated rings. The average Bonchev–Trinajstić information content (AvgIpc) is 2.97. The summed E-state index contributed by atoms with van der Waals surface area (Å²) in [6, 6.07) is 11.3. The van der Waals surface area contributed by atoms with Gasteiger partial charge in [0.2, 0.25) is 5.88 Å². The molecule has 4 N–H and O–H groups in total. The van der Waals surface area contributed by atoms with E-state index in [1.165, 1.54) is 0 Å². The Morgan fingerprint density at radius 2 is 1.89 bits per heavy atom. The van der Waals surface area contributed by atoms with E-state index in [-0.39, 0.29) is 5.56 Å². The van der Waals surface area contributed by atoms with Crippen LogP contribution < -0.4 is 15.8 Å². The average molecular weight is 381 g/mol. The molecule has 0 radical (unpaired) electrons. The molecule has 3 aromatic rings. The van der Waals surface area contributed by atoms with Crippen molar-refractivity contribution in [2.75, 3.05) is 11.9 Å². The van der Waals surface area contributed by atoms with Crippen molar-refractivity contribution in [3.63, 3.8) is 0 Å². The molecule has 3 rings (SSSR count). The molecule has 28 heavy (non-hydrogen) atoms. The predicted molar refractivity (Wildman–Crippen MR) is 108 cm³/mol. The van der Waals surface area contributed by atoms with Crippen molar-refractivity contribution in [2.45, 2.75) is 26.7 Å². The number of fused-ring (bicyclic) bond motifs is 1. The number of primary amides is 1. The first-order valence-corrected chi connectivity index (χ1v) is 9.11. The molecular formula is C21H23N3O4. The normalized spacial score (nSPS) is 10.8. The maximum absolute atomic E-state index is 12.8. The number of aryl methyl sites for hydroxylation is 1. The molecule has 1 aromatic heterocycles. The molecule has 7 nitrogen and oxygen atoms in total. The summed E-state index contributed by atoms with van der Waals surface area (Å²) in [6.45, 7) is 4.51. The van der Waals surface area contributed by atoms with Crippen molar-refractivity contribution >= 4 is 28.5 Å². The number of unbranched alkanes of at least 4 members (excludes halogenated alkanes) is 1. The number of nitrogens with two attached hydrogens (primary N) is 1. The van der Waals surface area contributed by atoms with Crippen molar-refractivity contribution < 1.29 is 19.4 Å². The van der Waals surface area contributed by atoms with Gasteiger partial charge >= 0.3 is 6.03 Å². The van der Waals surface area contributed by atoms with Gasteiger partial charge in [0.15, 0.2) is 0 Å². The molecule has 2 amide bonds. The highest BCUT2D eigenvalue weighted by Crippen LogP contribution is 2.33. The van der Waals surface area contributed by atoms with Crippen molar-refractivity contribution in [1.82, 2.24) is 4.57 Å². The third-order valence-electron chi connectivity index (χ3n) is 4.49. The van der Waals surface area contributed by atoms with Crippen molar-refractivity contribution in [1.29, 1.82) is 0 Å². The van der Waals surface area contributed by atoms with Crippen LogP contribution in [0.1, 0.15) is 35.7 Å². The monoisotopic (exact) mass is 381 g/mol. The quantitative estimate of drug-likeness (QED) is 0.561. The number of hydrogen-bond acceptors (Lipinski definition) is 4. The molecule has 146 valence electrons. The summed E-state index contributed by atoms with van der Waals surface area (Å²) < 4.78 is 6.55. The van der Waals surface area contributed by atoms with Gasteiger partial charge in [-0.05, 0) is 43.2 Å². The lowest BCUT2D eigenvalue weighted by molar-refractivity contribution is 0.102. The van der Waals surface area contributed by atoms with E-state index in [9.17, 15) is 14.7 Å². The number of ether oxygens (including phenoxy) is 1. The fourth-order valence-electron chi connectivity index (χ4n) is 3.10. The molecule has 0 aliphatic heterocycles. The van der Waals surface area contributed by atoms with Crippen LogP contribution in [0, 0.1) is 6.92 Å². The number of hydrogen-bond donors (Lipinski definition) is 3. The summed E-state index contributed by atoms with van der Waals surface area (Å²) in [5, 5.41) is 13.7. The number of nitrogens with zero attached hydrogens (tertiary/aromatic N) is 1. The van der Waals surface area contributed by atoms with Crippen molar-refractivity contribution in [3.8, 4) is 11.6 Å². The zero-order chi connectivity index (χ0) is 20.3. The second-order valence-corrected chi connectivity index (χ2v) is 6.52. The number of amides is 2. The van der Waals surface area contributed by atoms with Crippen LogP contribution in [0.25, 0.3) is 10.9 Å². The van der Waals surface area contributed by atoms with Crippen molar-refractivity contribution in [3.05, 3.63) is 53.6 Å². The second-order valence-electron chi connectivity index (χ2n) is 6.52. The van der Waals surface area contributed by atoms with Gasteiger partial charge in [0.1, 0.15) is 11.3 Å². The molecule has 0 unspecified atom stereocenters. The van der Waals surface area contributed by atoms with Crippen LogP contribution in [0.15, 0.2) is 42.5 Å². The number of para-hydroxylation sites is 1. The molecule has 0 saturated carbocycles. The van der Waals surface area contributed by atoms with E-state index in [4.69, 9.17) is 10.5 Å². The predicted octanol–water partition coefficient (Wildman–Crippen LogP) is 4.01. The summed E-state index contributed by atoms with van der Waals surface area (Å²) in [7, 11) is 0. The molecule has 0 atom stereocenters. The zero-order valence-electron chi connectivity index (χ0n) is 15.9. The summed E-state index contributed by atoms with van der Waals surface area (Å²) in [5.74, 6) is -0.295. The zero-order valence-corrected chi connectivity index (χ0v) is 15.9. The third-order valence-corrected chi connectivity index (χ3v) is 4.49. The Balaban J connectivity index is 1.89. The Labute approximate surface area is 162 Å². The summed E-state index contributed by atoms with van der Waals surface area (Å²) in [6.07, 6.45) is 2.02. The van der Waals surface area contributed by atoms with Gasteiger partial charge in [-0.1, -0.05) is 31.5 Å². The van der Waals surface area contributed by atoms with Gasteiger partial charge in [-0.25, -0.2) is 9.36 Å². The summed E-state index contributed by atoms with van der Waals surface area (Å²) >= 11 is 0. The Hall–Kier alpha value is -3.48. The smallest absolute Gasteiger partial charge is 0.326 e. The second kappa shape index (κ2) is 8.04. The van der Waals surface area contributed by atoms with Crippen molar-refractivity contribution in [2.24, 2.45) is 5.73 Å². The SMILES string of the molecule is CCCCOc1ccc(NC(=O)c2c(O)n(C(N)=O)c3c(C)cccc23)cc1. The molecule has 0 saturated heterocycles. The van der Waals surface area contributed by atoms with Gasteiger partial charge in [-0.2, -0.15) is 0 Å². The minimum absolute atomic E-state index is 0.000715. The van der Waals surface area contributed by atoms with Gasteiger partial charge in [-0.3, -0.25) is 4.79 Å². The van der Waals surface area contributed by atoms with Crippen LogP contribution >= 0.6 is 0 Å². The molecule has 0 aliphatic rings. The Bertz CT molecular complexity index is 1020. The van der Waals surface area contributed by atoms with Crippen LogP contribution in [0.3, 0.4) is 0 Å². The Morgan fingerprint density at radius 3 is 2.54 bits per heavy atom. The maximum Gasteiger partial charge on any atom is 0.326 e. The van der Waals surface area contributed by atoms with E-state index in [2.05, 4.69) is 12.2 Å². The number of benzene rings is 2. The van der Waals surface area contributed by atoms with Gasteiger partial charge in [0, 0.05) is 11.1 Å². The van der Waals surface area contributed by atoms with Gasteiger partial charge < -0.3 is 20.9 Å². The highest BCUT2D eigenvalue weighted by atomic mass is 16.5. The van der Waals surface area contributed by atoms with Gasteiger partial charge in [0.25, 0.3) is 5.91 Å². The van der Waals surface area contributed by atoms with E-state index in [1.54, 1.807) is 49.4 Å². The Kier molecular flexibility index (Phi) is 5.54. The van der Waals surface area contributed by atoms with E-state index >= 15 is 0 Å². The Morgan fingerprint density at radius 1 is 1.18 bits per heavy atom. The number of aromatic nitrogens is 1. The summed E-state index contributed by atoms with van der Waals surface area (Å²) in [5.41, 5.74) is 7.08. The van der Waals surface area contributed by atoms with Crippen LogP contribution in [0.2, 0.25) is 0 Å². The molecule has 1 heterocycles. The first kappa shape index (κ1) is 19.3. The van der Waals surface area contributed by atoms with E-state index in [0.29, 0.717) is 23.2 Å². The summed E-state index contributed by atoms with van der Waals surface area (Å²) in [4.78, 5) is 24.6. The molecule has 0 bridgehead atoms. The highest BCUT2D eigenvalue weighted by molar-refractivity contribution is 6.17. The first-order valence-electron chi connectivity index (χ1n) is 9.11. The lowest BCUT2D eigenvalue weighted by atomic mass is 10.1. The van der Waals surface area contributed by atoms with Crippen LogP contribution in [-0.4, -0.2) is 28.2 Å². The number of aromatic hydroxyl groups is 1. The number of nitrogens with one attached hydrogen (secondary N) is 1. The fourth-order valence-corrected chi connectivity index (χ4v) is 3.10. The molecule has 0 aliphatic carbocycles. The van der Waals surface area contributed by atoms with Gasteiger partial charge in [0.05, 0.1) is 12.1 Å². The molecule has 2 aromatic carbocycles. The molecular weight excluding hydrogens is 358 g/mol.